The maximum Gasteiger partial charge on any atom is 0.326 e. The van der Waals surface area contributed by atoms with Gasteiger partial charge in [-0.15, -0.1) is 0 Å². The van der Waals surface area contributed by atoms with Crippen LogP contribution in [0.15, 0.2) is 32.7 Å². The number of nitrogens with zero attached hydrogens (tertiary/aromatic N) is 1. The quantitative estimate of drug-likeness (QED) is 0.501. The van der Waals surface area contributed by atoms with E-state index in [0.717, 1.165) is 6.42 Å². The molecule has 1 aromatic heterocycles. The number of ether oxygens (including phenoxy) is 1. The summed E-state index contributed by atoms with van der Waals surface area (Å²) in [4.78, 5) is 40.1. The summed E-state index contributed by atoms with van der Waals surface area (Å²) in [5.74, 6) is -0.294. The van der Waals surface area contributed by atoms with Gasteiger partial charge in [-0.1, -0.05) is 0 Å². The predicted octanol–water partition coefficient (Wildman–Crippen LogP) is 0.160. The number of carbonyl (C=O) groups is 1. The number of benzene rings is 1. The standard InChI is InChI=1S/C19H26N4O6S/c1-2-29-11-3-8-20-17(24)13-6-9-23(10-7-13)30(27,28)14-4-5-16-15(12-14)18(25)22-19(26)21-16/h4-5,12-13H,2-3,6-11H2,1H3,(H,20,24)(H2,21,22,25,26). The topological polar surface area (TPSA) is 141 Å². The molecule has 0 bridgehead atoms. The molecular formula is C19H26N4O6S. The average molecular weight is 439 g/mol. The van der Waals surface area contributed by atoms with E-state index in [4.69, 9.17) is 4.74 Å². The van der Waals surface area contributed by atoms with Gasteiger partial charge in [0.1, 0.15) is 0 Å². The van der Waals surface area contributed by atoms with E-state index >= 15 is 0 Å². The minimum absolute atomic E-state index is 0.0219. The summed E-state index contributed by atoms with van der Waals surface area (Å²) in [5, 5.41) is 2.97. The number of aromatic nitrogens is 2. The van der Waals surface area contributed by atoms with E-state index in [0.29, 0.717) is 32.6 Å². The minimum atomic E-state index is -3.82. The number of hydrogen-bond acceptors (Lipinski definition) is 6. The van der Waals surface area contributed by atoms with Crippen molar-refractivity contribution in [2.45, 2.75) is 31.1 Å². The number of fused-ring (bicyclic) bond motifs is 1. The number of H-pyrrole nitrogens is 2. The largest absolute Gasteiger partial charge is 0.382 e. The molecule has 0 spiro atoms. The smallest absolute Gasteiger partial charge is 0.326 e. The Balaban J connectivity index is 1.63. The molecule has 1 saturated heterocycles. The van der Waals surface area contributed by atoms with Crippen molar-refractivity contribution in [3.63, 3.8) is 0 Å². The molecule has 1 aromatic carbocycles. The first-order chi connectivity index (χ1) is 14.3. The zero-order valence-corrected chi connectivity index (χ0v) is 17.6. The highest BCUT2D eigenvalue weighted by Gasteiger charge is 2.32. The van der Waals surface area contributed by atoms with Crippen molar-refractivity contribution in [2.75, 3.05) is 32.8 Å². The zero-order chi connectivity index (χ0) is 21.7. The first kappa shape index (κ1) is 22.2. The highest BCUT2D eigenvalue weighted by Crippen LogP contribution is 2.25. The van der Waals surface area contributed by atoms with Gasteiger partial charge in [0.2, 0.25) is 15.9 Å². The molecule has 10 nitrogen and oxygen atoms in total. The first-order valence-electron chi connectivity index (χ1n) is 9.95. The molecule has 0 saturated carbocycles. The van der Waals surface area contributed by atoms with Crippen LogP contribution in [0.3, 0.4) is 0 Å². The van der Waals surface area contributed by atoms with Crippen molar-refractivity contribution in [2.24, 2.45) is 5.92 Å². The summed E-state index contributed by atoms with van der Waals surface area (Å²) in [5.41, 5.74) is -1.03. The monoisotopic (exact) mass is 438 g/mol. The molecular weight excluding hydrogens is 412 g/mol. The first-order valence-corrected chi connectivity index (χ1v) is 11.4. The molecule has 1 aliphatic rings. The van der Waals surface area contributed by atoms with Crippen LogP contribution in [0.25, 0.3) is 10.9 Å². The van der Waals surface area contributed by atoms with Crippen LogP contribution in [-0.2, 0) is 19.6 Å². The van der Waals surface area contributed by atoms with Crippen molar-refractivity contribution < 1.29 is 17.9 Å². The Kier molecular flexibility index (Phi) is 7.06. The molecule has 1 amide bonds. The van der Waals surface area contributed by atoms with Gasteiger partial charge >= 0.3 is 5.69 Å². The third-order valence-electron chi connectivity index (χ3n) is 5.14. The second-order valence-corrected chi connectivity index (χ2v) is 9.07. The maximum absolute atomic E-state index is 13.0. The lowest BCUT2D eigenvalue weighted by atomic mass is 9.97. The lowest BCUT2D eigenvalue weighted by Crippen LogP contribution is -2.43. The van der Waals surface area contributed by atoms with Crippen molar-refractivity contribution in [1.29, 1.82) is 0 Å². The molecule has 1 aliphatic heterocycles. The van der Waals surface area contributed by atoms with E-state index in [1.807, 2.05) is 6.92 Å². The van der Waals surface area contributed by atoms with Crippen LogP contribution in [0.2, 0.25) is 0 Å². The number of rotatable bonds is 8. The van der Waals surface area contributed by atoms with Crippen LogP contribution >= 0.6 is 0 Å². The molecule has 1 fully saturated rings. The second-order valence-electron chi connectivity index (χ2n) is 7.14. The normalized spacial score (nSPS) is 16.0. The Labute approximate surface area is 173 Å². The molecule has 0 aliphatic carbocycles. The number of amides is 1. The van der Waals surface area contributed by atoms with Crippen LogP contribution in [0.4, 0.5) is 0 Å². The van der Waals surface area contributed by atoms with Gasteiger partial charge in [0, 0.05) is 38.8 Å². The third-order valence-corrected chi connectivity index (χ3v) is 7.04. The fourth-order valence-corrected chi connectivity index (χ4v) is 4.98. The van der Waals surface area contributed by atoms with Crippen molar-refractivity contribution >= 4 is 26.8 Å². The van der Waals surface area contributed by atoms with Gasteiger partial charge in [0.15, 0.2) is 0 Å². The fraction of sp³-hybridized carbons (Fsp3) is 0.526. The number of piperidine rings is 1. The molecule has 2 heterocycles. The van der Waals surface area contributed by atoms with Gasteiger partial charge in [0.05, 0.1) is 15.8 Å². The Morgan fingerprint density at radius 1 is 1.23 bits per heavy atom. The summed E-state index contributed by atoms with van der Waals surface area (Å²) >= 11 is 0. The molecule has 0 atom stereocenters. The lowest BCUT2D eigenvalue weighted by Gasteiger charge is -2.30. The molecule has 3 N–H and O–H groups in total. The Morgan fingerprint density at radius 3 is 2.67 bits per heavy atom. The average Bonchev–Trinajstić information content (AvgIpc) is 2.73. The molecule has 3 rings (SSSR count). The summed E-state index contributed by atoms with van der Waals surface area (Å²) < 4.78 is 32.5. The molecule has 11 heteroatoms. The van der Waals surface area contributed by atoms with Gasteiger partial charge in [-0.05, 0) is 44.4 Å². The SMILES string of the molecule is CCOCCCNC(=O)C1CCN(S(=O)(=O)c2ccc3[nH]c(=O)[nH]c(=O)c3c2)CC1. The highest BCUT2D eigenvalue weighted by molar-refractivity contribution is 7.89. The maximum atomic E-state index is 13.0. The van der Waals surface area contributed by atoms with Crippen LogP contribution in [0.1, 0.15) is 26.2 Å². The van der Waals surface area contributed by atoms with Crippen molar-refractivity contribution in [3.8, 4) is 0 Å². The lowest BCUT2D eigenvalue weighted by molar-refractivity contribution is -0.126. The fourth-order valence-electron chi connectivity index (χ4n) is 3.49. The van der Waals surface area contributed by atoms with Gasteiger partial charge in [-0.25, -0.2) is 13.2 Å². The zero-order valence-electron chi connectivity index (χ0n) is 16.8. The van der Waals surface area contributed by atoms with E-state index in [-0.39, 0.29) is 40.7 Å². The Bertz CT molecular complexity index is 1120. The number of sulfonamides is 1. The Morgan fingerprint density at radius 2 is 1.97 bits per heavy atom. The van der Waals surface area contributed by atoms with E-state index in [9.17, 15) is 22.8 Å². The van der Waals surface area contributed by atoms with E-state index in [2.05, 4.69) is 15.3 Å². The number of carbonyl (C=O) groups excluding carboxylic acids is 1. The van der Waals surface area contributed by atoms with E-state index < -0.39 is 21.3 Å². The molecule has 0 unspecified atom stereocenters. The number of hydrogen-bond donors (Lipinski definition) is 3. The van der Waals surface area contributed by atoms with Gasteiger partial charge < -0.3 is 15.0 Å². The summed E-state index contributed by atoms with van der Waals surface area (Å²) in [6, 6.07) is 4.03. The van der Waals surface area contributed by atoms with Gasteiger partial charge in [0.25, 0.3) is 5.56 Å². The van der Waals surface area contributed by atoms with Crippen molar-refractivity contribution in [1.82, 2.24) is 19.6 Å². The van der Waals surface area contributed by atoms with Crippen molar-refractivity contribution in [3.05, 3.63) is 39.0 Å². The predicted molar refractivity (Wildman–Crippen MR) is 111 cm³/mol. The van der Waals surface area contributed by atoms with E-state index in [1.54, 1.807) is 0 Å². The number of nitrogens with one attached hydrogen (secondary N) is 3. The van der Waals surface area contributed by atoms with Crippen LogP contribution in [0.5, 0.6) is 0 Å². The van der Waals surface area contributed by atoms with Gasteiger partial charge in [-0.3, -0.25) is 14.6 Å². The highest BCUT2D eigenvalue weighted by atomic mass is 32.2. The number of aromatic amines is 2. The van der Waals surface area contributed by atoms with Crippen LogP contribution < -0.4 is 16.6 Å². The van der Waals surface area contributed by atoms with Crippen LogP contribution in [-0.4, -0.2) is 61.4 Å². The molecule has 164 valence electrons. The minimum Gasteiger partial charge on any atom is -0.382 e. The molecule has 30 heavy (non-hydrogen) atoms. The third kappa shape index (κ3) is 4.97. The van der Waals surface area contributed by atoms with Crippen LogP contribution in [0, 0.1) is 5.92 Å². The van der Waals surface area contributed by atoms with E-state index in [1.165, 1.54) is 22.5 Å². The summed E-state index contributed by atoms with van der Waals surface area (Å²) in [7, 11) is -3.82. The molecule has 0 radical (unpaired) electrons. The van der Waals surface area contributed by atoms with Gasteiger partial charge in [-0.2, -0.15) is 4.31 Å². The Hall–Kier alpha value is -2.50. The molecule has 2 aromatic rings. The summed E-state index contributed by atoms with van der Waals surface area (Å²) in [6.45, 7) is 4.13. The second kappa shape index (κ2) is 9.54. The summed E-state index contributed by atoms with van der Waals surface area (Å²) in [6.07, 6.45) is 1.59.